The molecule has 0 aliphatic carbocycles. The fourth-order valence-electron chi connectivity index (χ4n) is 1.63. The molecule has 1 aliphatic rings. The molecular weight excluding hydrogens is 406 g/mol. The topological polar surface area (TPSA) is 69.5 Å². The van der Waals surface area contributed by atoms with Gasteiger partial charge in [0, 0.05) is 20.4 Å². The van der Waals surface area contributed by atoms with E-state index < -0.39 is 5.97 Å². The van der Waals surface area contributed by atoms with Gasteiger partial charge in [-0.25, -0.2) is 4.79 Å². The number of hydrogen-bond acceptors (Lipinski definition) is 3. The molecule has 1 aromatic rings. The third kappa shape index (κ3) is 3.91. The predicted molar refractivity (Wildman–Crippen MR) is 61.2 cm³/mol. The zero-order chi connectivity index (χ0) is 12.1. The van der Waals surface area contributed by atoms with E-state index in [1.165, 1.54) is 0 Å². The first-order valence-electron chi connectivity index (χ1n) is 5.50. The van der Waals surface area contributed by atoms with Gasteiger partial charge in [0.1, 0.15) is 0 Å². The van der Waals surface area contributed by atoms with Crippen molar-refractivity contribution >= 4 is 11.9 Å². The molecule has 1 aromatic carbocycles. The van der Waals surface area contributed by atoms with Crippen LogP contribution in [0.4, 0.5) is 0 Å². The maximum absolute atomic E-state index is 11.5. The van der Waals surface area contributed by atoms with Crippen molar-refractivity contribution in [1.82, 2.24) is 5.48 Å². The molecule has 0 aromatic heterocycles. The molecule has 1 saturated heterocycles. The van der Waals surface area contributed by atoms with Gasteiger partial charge in [-0.2, -0.15) is 5.48 Å². The van der Waals surface area contributed by atoms with E-state index in [-0.39, 0.29) is 32.4 Å². The van der Waals surface area contributed by atoms with E-state index in [0.717, 1.165) is 6.42 Å². The van der Waals surface area contributed by atoms with E-state index in [0.29, 0.717) is 18.5 Å². The molecule has 5 nitrogen and oxygen atoms in total. The first-order valence-corrected chi connectivity index (χ1v) is 5.50. The average molecular weight is 419 g/mol. The first-order chi connectivity index (χ1) is 8.27. The zero-order valence-corrected chi connectivity index (χ0v) is 12.4. The van der Waals surface area contributed by atoms with Crippen molar-refractivity contribution in [2.45, 2.75) is 18.9 Å². The summed E-state index contributed by atoms with van der Waals surface area (Å²) in [7, 11) is 0. The van der Waals surface area contributed by atoms with Crippen LogP contribution in [0, 0.1) is 0 Å². The molecule has 1 heterocycles. The van der Waals surface area contributed by atoms with Gasteiger partial charge in [0.05, 0.1) is 5.56 Å². The van der Waals surface area contributed by atoms with Gasteiger partial charge >= 0.3 is 5.97 Å². The minimum Gasteiger partial charge on any atom is -0.652 e. The van der Waals surface area contributed by atoms with Crippen molar-refractivity contribution in [2.75, 3.05) is 6.54 Å². The quantitative estimate of drug-likeness (QED) is 0.737. The SMILES string of the molecule is O=C(ONC(=O)C1CCC[N-]1)c1ccccc1.[Re]. The van der Waals surface area contributed by atoms with Crippen LogP contribution in [0.3, 0.4) is 0 Å². The summed E-state index contributed by atoms with van der Waals surface area (Å²) in [6, 6.07) is 8.11. The molecule has 1 unspecified atom stereocenters. The summed E-state index contributed by atoms with van der Waals surface area (Å²) in [6.07, 6.45) is 1.62. The molecule has 6 heteroatoms. The second kappa shape index (κ2) is 7.27. The van der Waals surface area contributed by atoms with Crippen LogP contribution in [0.25, 0.3) is 5.32 Å². The summed E-state index contributed by atoms with van der Waals surface area (Å²) in [4.78, 5) is 27.7. The Morgan fingerprint density at radius 2 is 2.00 bits per heavy atom. The zero-order valence-electron chi connectivity index (χ0n) is 9.64. The summed E-state index contributed by atoms with van der Waals surface area (Å²) < 4.78 is 0. The number of hydroxylamine groups is 1. The summed E-state index contributed by atoms with van der Waals surface area (Å²) in [6.45, 7) is 0.699. The minimum atomic E-state index is -0.572. The maximum Gasteiger partial charge on any atom is 0.362 e. The van der Waals surface area contributed by atoms with E-state index in [2.05, 4.69) is 10.8 Å². The van der Waals surface area contributed by atoms with Crippen molar-refractivity contribution in [2.24, 2.45) is 0 Å². The van der Waals surface area contributed by atoms with Crippen LogP contribution in [0.5, 0.6) is 0 Å². The number of nitrogens with zero attached hydrogens (tertiary/aromatic N) is 1. The van der Waals surface area contributed by atoms with Crippen LogP contribution in [-0.4, -0.2) is 24.5 Å². The Morgan fingerprint density at radius 1 is 1.28 bits per heavy atom. The Kier molecular flexibility index (Phi) is 5.99. The summed E-state index contributed by atoms with van der Waals surface area (Å²) in [5.41, 5.74) is 2.54. The maximum atomic E-state index is 11.5. The first kappa shape index (κ1) is 14.8. The van der Waals surface area contributed by atoms with Crippen molar-refractivity contribution in [3.8, 4) is 0 Å². The molecule has 0 spiro atoms. The average Bonchev–Trinajstić information content (AvgIpc) is 2.90. The third-order valence-corrected chi connectivity index (χ3v) is 2.54. The normalized spacial score (nSPS) is 17.7. The standard InChI is InChI=1S/C12H13N2O3.Re/c15-11(10-7-4-8-13-10)14-17-12(16)9-5-2-1-3-6-9;/h1-3,5-6,10H,4,7-8H2,(H,14,15);/q-1;. The molecule has 1 amide bonds. The molecule has 1 fully saturated rings. The molecule has 0 saturated carbocycles. The van der Waals surface area contributed by atoms with Gasteiger partial charge < -0.3 is 10.2 Å². The number of nitrogens with one attached hydrogen (secondary N) is 1. The molecular formula is C12H13N2O3Re-. The van der Waals surface area contributed by atoms with E-state index in [1.54, 1.807) is 30.3 Å². The molecule has 2 rings (SSSR count). The smallest absolute Gasteiger partial charge is 0.362 e. The molecule has 1 aliphatic heterocycles. The van der Waals surface area contributed by atoms with Gasteiger partial charge in [-0.1, -0.05) is 37.1 Å². The number of carbonyl (C=O) groups is 2. The van der Waals surface area contributed by atoms with Crippen molar-refractivity contribution in [3.63, 3.8) is 0 Å². The number of benzene rings is 1. The van der Waals surface area contributed by atoms with Gasteiger partial charge in [0.25, 0.3) is 0 Å². The Bertz CT molecular complexity index is 405. The van der Waals surface area contributed by atoms with Crippen LogP contribution in [0.1, 0.15) is 23.2 Å². The van der Waals surface area contributed by atoms with Gasteiger partial charge in [-0.05, 0) is 12.1 Å². The second-order valence-electron chi connectivity index (χ2n) is 3.79. The van der Waals surface area contributed by atoms with Crippen LogP contribution in [0.15, 0.2) is 30.3 Å². The van der Waals surface area contributed by atoms with Crippen LogP contribution < -0.4 is 5.48 Å². The molecule has 1 radical (unpaired) electrons. The van der Waals surface area contributed by atoms with Gasteiger partial charge in [-0.15, -0.1) is 6.54 Å². The van der Waals surface area contributed by atoms with Gasteiger partial charge in [0.2, 0.25) is 5.91 Å². The Morgan fingerprint density at radius 3 is 2.61 bits per heavy atom. The van der Waals surface area contributed by atoms with Crippen molar-refractivity contribution < 1.29 is 34.8 Å². The van der Waals surface area contributed by atoms with Crippen LogP contribution in [-0.2, 0) is 30.1 Å². The number of hydrogen-bond donors (Lipinski definition) is 1. The van der Waals surface area contributed by atoms with E-state index in [4.69, 9.17) is 4.84 Å². The second-order valence-corrected chi connectivity index (χ2v) is 3.79. The van der Waals surface area contributed by atoms with E-state index in [1.807, 2.05) is 0 Å². The minimum absolute atomic E-state index is 0. The van der Waals surface area contributed by atoms with E-state index >= 15 is 0 Å². The summed E-state index contributed by atoms with van der Waals surface area (Å²) in [5, 5.41) is 4.08. The van der Waals surface area contributed by atoms with Crippen LogP contribution in [0.2, 0.25) is 0 Å². The van der Waals surface area contributed by atoms with Gasteiger partial charge in [-0.3, -0.25) is 4.79 Å². The monoisotopic (exact) mass is 420 g/mol. The molecule has 0 bridgehead atoms. The third-order valence-electron chi connectivity index (χ3n) is 2.54. The van der Waals surface area contributed by atoms with Crippen molar-refractivity contribution in [3.05, 3.63) is 41.2 Å². The van der Waals surface area contributed by atoms with Crippen LogP contribution >= 0.6 is 0 Å². The van der Waals surface area contributed by atoms with Crippen molar-refractivity contribution in [1.29, 1.82) is 0 Å². The fraction of sp³-hybridized carbons (Fsp3) is 0.333. The Labute approximate surface area is 119 Å². The van der Waals surface area contributed by atoms with Gasteiger partial charge in [0.15, 0.2) is 0 Å². The molecule has 1 atom stereocenters. The largest absolute Gasteiger partial charge is 0.652 e. The number of carbonyl (C=O) groups excluding carboxylic acids is 2. The predicted octanol–water partition coefficient (Wildman–Crippen LogP) is 1.41. The Hall–Kier alpha value is -1.22. The number of amides is 1. The molecule has 97 valence electrons. The number of rotatable bonds is 2. The fourth-order valence-corrected chi connectivity index (χ4v) is 1.63. The summed E-state index contributed by atoms with van der Waals surface area (Å²) >= 11 is 0. The summed E-state index contributed by atoms with van der Waals surface area (Å²) in [5.74, 6) is -0.927. The Balaban J connectivity index is 0.00000162. The molecule has 1 N–H and O–H groups in total. The van der Waals surface area contributed by atoms with E-state index in [9.17, 15) is 9.59 Å². The molecule has 18 heavy (non-hydrogen) atoms.